The molecule has 4 rings (SSSR count). The second-order valence-corrected chi connectivity index (χ2v) is 26.0. The maximum atomic E-state index is 2.49. The van der Waals surface area contributed by atoms with Crippen molar-refractivity contribution in [1.29, 1.82) is 0 Å². The summed E-state index contributed by atoms with van der Waals surface area (Å²) < 4.78 is 0. The zero-order chi connectivity index (χ0) is 33.6. The van der Waals surface area contributed by atoms with E-state index in [0.717, 1.165) is 20.6 Å². The number of benzene rings is 2. The molecule has 48 heavy (non-hydrogen) atoms. The second-order valence-electron chi connectivity index (χ2n) is 14.2. The van der Waals surface area contributed by atoms with Gasteiger partial charge in [-0.25, -0.2) is 12.1 Å². The van der Waals surface area contributed by atoms with Crippen LogP contribution in [0.3, 0.4) is 0 Å². The van der Waals surface area contributed by atoms with Crippen LogP contribution in [-0.4, -0.2) is 25.7 Å². The Morgan fingerprint density at radius 2 is 0.854 bits per heavy atom. The summed E-state index contributed by atoms with van der Waals surface area (Å²) in [5, 5.41) is 6.27. The van der Waals surface area contributed by atoms with Crippen LogP contribution in [0, 0.1) is 0 Å². The van der Waals surface area contributed by atoms with E-state index >= 15 is 0 Å². The van der Waals surface area contributed by atoms with Crippen molar-refractivity contribution in [3.05, 3.63) is 108 Å². The van der Waals surface area contributed by atoms with E-state index in [-0.39, 0.29) is 50.7 Å². The Morgan fingerprint density at radius 1 is 0.542 bits per heavy atom. The first-order valence-electron chi connectivity index (χ1n) is 17.9. The van der Waals surface area contributed by atoms with Gasteiger partial charge < -0.3 is 24.8 Å². The van der Waals surface area contributed by atoms with Crippen LogP contribution in [0.15, 0.2) is 97.1 Å². The molecule has 4 atom stereocenters. The molecule has 263 valence electrons. The zero-order valence-corrected chi connectivity index (χ0v) is 40.5. The Balaban J connectivity index is 0. The van der Waals surface area contributed by atoms with Crippen LogP contribution >= 0.6 is 0 Å². The van der Waals surface area contributed by atoms with Crippen molar-refractivity contribution in [3.8, 4) is 0 Å². The molecule has 0 saturated heterocycles. The van der Waals surface area contributed by atoms with Crippen LogP contribution in [0.25, 0.3) is 0 Å². The Kier molecular flexibility index (Phi) is 25.1. The van der Waals surface area contributed by atoms with Crippen molar-refractivity contribution in [2.24, 2.45) is 0 Å². The Hall–Kier alpha value is -0.759. The Bertz CT molecular complexity index is 1250. The molecule has 0 aliphatic carbocycles. The monoisotopic (exact) mass is 903 g/mol. The van der Waals surface area contributed by atoms with Gasteiger partial charge in [0.1, 0.15) is 0 Å². The van der Waals surface area contributed by atoms with Crippen LogP contribution in [0.2, 0.25) is 36.3 Å². The minimum atomic E-state index is -1.50. The molecule has 0 spiro atoms. The van der Waals surface area contributed by atoms with E-state index in [1.54, 1.807) is 20.7 Å². The van der Waals surface area contributed by atoms with Crippen LogP contribution < -0.4 is 45.6 Å². The maximum absolute atomic E-state index is 2.49. The average Bonchev–Trinajstić information content (AvgIpc) is 3.77. The van der Waals surface area contributed by atoms with Crippen molar-refractivity contribution in [2.45, 2.75) is 130 Å². The SMILES string of the molecule is CCC(C)[SiH]C(C)CC.CC[Si](C)(c1ccccc1)c1c[cH-]c(C(C)C)c1.CC[Si](C)(c1ccccc1)c1c[cH-]c(C(C)C)c1.[Cl-].[Cl-].[Hf+4]. The number of halogens is 2. The molecule has 0 heterocycles. The Morgan fingerprint density at radius 3 is 1.08 bits per heavy atom. The van der Waals surface area contributed by atoms with Gasteiger partial charge in [-0.1, -0.05) is 189 Å². The molecule has 0 aliphatic heterocycles. The van der Waals surface area contributed by atoms with Crippen molar-refractivity contribution in [3.63, 3.8) is 0 Å². The van der Waals surface area contributed by atoms with E-state index < -0.39 is 16.1 Å². The first-order valence-corrected chi connectivity index (χ1v) is 24.6. The van der Waals surface area contributed by atoms with E-state index in [0.29, 0.717) is 11.8 Å². The molecular weight excluding hydrogens is 838 g/mol. The molecule has 0 aromatic heterocycles. The molecule has 0 bridgehead atoms. The van der Waals surface area contributed by atoms with Crippen molar-refractivity contribution in [1.82, 2.24) is 0 Å². The molecule has 0 fully saturated rings. The molecular formula is C42H65Cl2HfSi3. The predicted molar refractivity (Wildman–Crippen MR) is 214 cm³/mol. The summed E-state index contributed by atoms with van der Waals surface area (Å²) in [6.07, 6.45) is 2.75. The minimum Gasteiger partial charge on any atom is -1.00 e. The van der Waals surface area contributed by atoms with Gasteiger partial charge in [0.25, 0.3) is 0 Å². The third-order valence-corrected chi connectivity index (χ3v) is 21.8. The van der Waals surface area contributed by atoms with Gasteiger partial charge in [0.15, 0.2) is 0 Å². The van der Waals surface area contributed by atoms with E-state index in [1.165, 1.54) is 36.1 Å². The van der Waals surface area contributed by atoms with Gasteiger partial charge in [0, 0.05) is 25.7 Å². The normalized spacial score (nSPS) is 14.3. The van der Waals surface area contributed by atoms with E-state index in [4.69, 9.17) is 0 Å². The van der Waals surface area contributed by atoms with Gasteiger partial charge in [-0.15, -0.1) is 0 Å². The summed E-state index contributed by atoms with van der Waals surface area (Å²) >= 11 is 0. The molecule has 1 radical (unpaired) electrons. The van der Waals surface area contributed by atoms with Crippen LogP contribution in [0.5, 0.6) is 0 Å². The van der Waals surface area contributed by atoms with Gasteiger partial charge >= 0.3 is 25.8 Å². The van der Waals surface area contributed by atoms with Crippen molar-refractivity contribution in [2.75, 3.05) is 0 Å². The van der Waals surface area contributed by atoms with E-state index in [1.807, 2.05) is 0 Å². The summed E-state index contributed by atoms with van der Waals surface area (Å²) in [7, 11) is -2.28. The fourth-order valence-corrected chi connectivity index (χ4v) is 13.6. The second kappa shape index (κ2) is 24.4. The molecule has 4 aromatic rings. The summed E-state index contributed by atoms with van der Waals surface area (Å²) in [6, 6.07) is 38.8. The standard InChI is InChI=1S/2C17H23Si.C8H19Si.2ClH.Hf/c2*1-5-18(4,16-9-7-6-8-10-16)17-12-11-15(13-17)14(2)3;1-5-7(3)9-8(4)6-2;;;/h2*6-14H,5H2,1-4H3;7-9H,5-6H2,1-4H3;2*1H;/q2*-1;;;;+4/p-2. The fourth-order valence-electron chi connectivity index (χ4n) is 5.92. The van der Waals surface area contributed by atoms with Gasteiger partial charge in [0.05, 0.1) is 0 Å². The van der Waals surface area contributed by atoms with Crippen molar-refractivity contribution < 1.29 is 50.7 Å². The predicted octanol–water partition coefficient (Wildman–Crippen LogP) is 4.35. The molecule has 0 saturated carbocycles. The summed E-state index contributed by atoms with van der Waals surface area (Å²) in [5.41, 5.74) is 4.99. The number of hydrogen-bond donors (Lipinski definition) is 0. The van der Waals surface area contributed by atoms with Crippen molar-refractivity contribution >= 4 is 46.4 Å². The molecule has 0 amide bonds. The summed E-state index contributed by atoms with van der Waals surface area (Å²) in [4.78, 5) is 0. The van der Waals surface area contributed by atoms with Gasteiger partial charge in [-0.05, 0) is 11.8 Å². The molecule has 0 aliphatic rings. The van der Waals surface area contributed by atoms with E-state index in [9.17, 15) is 0 Å². The van der Waals surface area contributed by atoms with Gasteiger partial charge in [-0.2, -0.15) is 45.8 Å². The molecule has 0 nitrogen and oxygen atoms in total. The van der Waals surface area contributed by atoms with Crippen LogP contribution in [0.4, 0.5) is 0 Å². The zero-order valence-electron chi connectivity index (χ0n) is 32.2. The maximum Gasteiger partial charge on any atom is 4.00 e. The molecule has 6 heteroatoms. The van der Waals surface area contributed by atoms with Gasteiger partial charge in [0.2, 0.25) is 0 Å². The third-order valence-electron chi connectivity index (χ3n) is 10.3. The Labute approximate surface area is 332 Å². The topological polar surface area (TPSA) is 0 Å². The van der Waals surface area contributed by atoms with E-state index in [2.05, 4.69) is 179 Å². The molecule has 0 N–H and O–H groups in total. The third kappa shape index (κ3) is 14.1. The number of hydrogen-bond acceptors (Lipinski definition) is 0. The largest absolute Gasteiger partial charge is 4.00 e. The summed E-state index contributed by atoms with van der Waals surface area (Å²) in [6.45, 7) is 28.1. The summed E-state index contributed by atoms with van der Waals surface area (Å²) in [5.74, 6) is 1.26. The first kappa shape index (κ1) is 49.4. The average molecular weight is 904 g/mol. The first-order chi connectivity index (χ1) is 21.4. The van der Waals surface area contributed by atoms with Crippen LogP contribution in [0.1, 0.15) is 105 Å². The quantitative estimate of drug-likeness (QED) is 0.147. The molecule has 4 unspecified atom stereocenters. The minimum absolute atomic E-state index is 0. The molecule has 4 aromatic carbocycles. The smallest absolute Gasteiger partial charge is 1.00 e. The van der Waals surface area contributed by atoms with Crippen LogP contribution in [-0.2, 0) is 25.8 Å². The van der Waals surface area contributed by atoms with Gasteiger partial charge in [-0.3, -0.25) is 0 Å². The fraction of sp³-hybridized carbons (Fsp3) is 0.476. The number of rotatable bonds is 12.